The molecule has 0 atom stereocenters. The zero-order valence-electron chi connectivity index (χ0n) is 29.6. The van der Waals surface area contributed by atoms with E-state index in [0.717, 1.165) is 72.3 Å². The fourth-order valence-corrected chi connectivity index (χ4v) is 8.17. The lowest BCUT2D eigenvalue weighted by molar-refractivity contribution is 0.669. The Labute approximate surface area is 317 Å². The first-order valence-corrected chi connectivity index (χ1v) is 18.5. The van der Waals surface area contributed by atoms with Gasteiger partial charge in [-0.2, -0.15) is 0 Å². The van der Waals surface area contributed by atoms with Crippen LogP contribution in [0.15, 0.2) is 193 Å². The molecule has 0 fully saturated rings. The molecular formula is C51H31N3O. The van der Waals surface area contributed by atoms with Crippen molar-refractivity contribution in [1.29, 1.82) is 0 Å². The Balaban J connectivity index is 1.16. The van der Waals surface area contributed by atoms with Crippen LogP contribution in [0.3, 0.4) is 0 Å². The van der Waals surface area contributed by atoms with Crippen LogP contribution in [0.4, 0.5) is 0 Å². The van der Waals surface area contributed by atoms with Gasteiger partial charge in [-0.25, -0.2) is 9.97 Å². The highest BCUT2D eigenvalue weighted by atomic mass is 16.3. The molecule has 11 rings (SSSR count). The van der Waals surface area contributed by atoms with Crippen molar-refractivity contribution >= 4 is 54.3 Å². The number of para-hydroxylation sites is 1. The van der Waals surface area contributed by atoms with Crippen molar-refractivity contribution in [1.82, 2.24) is 15.0 Å². The molecule has 0 aliphatic heterocycles. The number of nitrogens with zero attached hydrogens (tertiary/aromatic N) is 3. The van der Waals surface area contributed by atoms with Gasteiger partial charge in [-0.3, -0.25) is 4.98 Å². The third-order valence-corrected chi connectivity index (χ3v) is 10.7. The van der Waals surface area contributed by atoms with Gasteiger partial charge in [0, 0.05) is 45.4 Å². The Morgan fingerprint density at radius 1 is 0.345 bits per heavy atom. The van der Waals surface area contributed by atoms with Gasteiger partial charge in [0.25, 0.3) is 0 Å². The second-order valence-electron chi connectivity index (χ2n) is 14.0. The summed E-state index contributed by atoms with van der Waals surface area (Å²) in [5.41, 5.74) is 10.6. The lowest BCUT2D eigenvalue weighted by atomic mass is 9.90. The summed E-state index contributed by atoms with van der Waals surface area (Å²) in [5, 5.41) is 9.62. The molecule has 55 heavy (non-hydrogen) atoms. The standard InChI is InChI=1S/C51H31N3O/c1-2-12-32(13-3-1)51-53-46(30-47(54-51)43-20-10-22-49-50(43)44-19-8-9-21-48(44)55-49)37-27-35(26-36(28-37)34-14-11-25-52-31-34)33-23-24-42-40-17-5-4-15-38(40)39-16-6-7-18-41(39)45(42)29-33/h1-31H. The molecule has 0 amide bonds. The quantitative estimate of drug-likeness (QED) is 0.168. The normalized spacial score (nSPS) is 11.6. The molecule has 8 aromatic carbocycles. The van der Waals surface area contributed by atoms with Crippen LogP contribution in [0, 0.1) is 0 Å². The number of fused-ring (bicyclic) bond motifs is 9. The van der Waals surface area contributed by atoms with E-state index < -0.39 is 0 Å². The van der Waals surface area contributed by atoms with Crippen LogP contribution >= 0.6 is 0 Å². The molecule has 256 valence electrons. The minimum Gasteiger partial charge on any atom is -0.456 e. The lowest BCUT2D eigenvalue weighted by Gasteiger charge is -2.15. The SMILES string of the molecule is c1ccc(-c2nc(-c3cc(-c4cccnc4)cc(-c4ccc5c6ccccc6c6ccccc6c5c4)c3)cc(-c3cccc4oc5ccccc5c34)n2)cc1. The van der Waals surface area contributed by atoms with Gasteiger partial charge in [-0.1, -0.05) is 127 Å². The molecule has 0 saturated heterocycles. The molecule has 0 spiro atoms. The molecule has 11 aromatic rings. The van der Waals surface area contributed by atoms with Crippen LogP contribution in [0.25, 0.3) is 110 Å². The molecule has 0 radical (unpaired) electrons. The van der Waals surface area contributed by atoms with Crippen LogP contribution in [0.1, 0.15) is 0 Å². The molecule has 0 bridgehead atoms. The van der Waals surface area contributed by atoms with E-state index >= 15 is 0 Å². The molecule has 4 heteroatoms. The minimum atomic E-state index is 0.662. The second-order valence-corrected chi connectivity index (χ2v) is 14.0. The highest BCUT2D eigenvalue weighted by Crippen LogP contribution is 2.41. The Morgan fingerprint density at radius 3 is 1.69 bits per heavy atom. The monoisotopic (exact) mass is 701 g/mol. The van der Waals surface area contributed by atoms with Crippen molar-refractivity contribution in [3.05, 3.63) is 188 Å². The molecule has 0 aliphatic rings. The van der Waals surface area contributed by atoms with Crippen LogP contribution in [0.5, 0.6) is 0 Å². The van der Waals surface area contributed by atoms with Crippen LogP contribution < -0.4 is 0 Å². The molecule has 3 aromatic heterocycles. The maximum atomic E-state index is 6.31. The largest absolute Gasteiger partial charge is 0.456 e. The van der Waals surface area contributed by atoms with E-state index in [9.17, 15) is 0 Å². The highest BCUT2D eigenvalue weighted by molar-refractivity contribution is 6.25. The van der Waals surface area contributed by atoms with E-state index in [1.807, 2.05) is 60.9 Å². The summed E-state index contributed by atoms with van der Waals surface area (Å²) in [4.78, 5) is 15.0. The van der Waals surface area contributed by atoms with Crippen molar-refractivity contribution in [2.45, 2.75) is 0 Å². The van der Waals surface area contributed by atoms with Gasteiger partial charge >= 0.3 is 0 Å². The second kappa shape index (κ2) is 12.6. The average Bonchev–Trinajstić information content (AvgIpc) is 3.66. The minimum absolute atomic E-state index is 0.662. The van der Waals surface area contributed by atoms with E-state index in [1.165, 1.54) is 32.3 Å². The molecule has 0 aliphatic carbocycles. The van der Waals surface area contributed by atoms with Gasteiger partial charge in [0.05, 0.1) is 11.4 Å². The smallest absolute Gasteiger partial charge is 0.160 e. The van der Waals surface area contributed by atoms with E-state index in [2.05, 4.69) is 132 Å². The zero-order valence-corrected chi connectivity index (χ0v) is 29.6. The summed E-state index contributed by atoms with van der Waals surface area (Å²) in [6.45, 7) is 0. The predicted octanol–water partition coefficient (Wildman–Crippen LogP) is 13.6. The number of hydrogen-bond donors (Lipinski definition) is 0. The van der Waals surface area contributed by atoms with Crippen molar-refractivity contribution in [3.8, 4) is 56.2 Å². The third-order valence-electron chi connectivity index (χ3n) is 10.7. The summed E-state index contributed by atoms with van der Waals surface area (Å²) in [6, 6.07) is 61.9. The number of pyridine rings is 1. The average molecular weight is 702 g/mol. The highest BCUT2D eigenvalue weighted by Gasteiger charge is 2.18. The maximum absolute atomic E-state index is 6.31. The van der Waals surface area contributed by atoms with Gasteiger partial charge in [0.2, 0.25) is 0 Å². The number of furan rings is 1. The Kier molecular flexibility index (Phi) is 7.14. The first kappa shape index (κ1) is 31.1. The van der Waals surface area contributed by atoms with Crippen LogP contribution in [-0.2, 0) is 0 Å². The van der Waals surface area contributed by atoms with Gasteiger partial charge in [0.15, 0.2) is 5.82 Å². The molecular weight excluding hydrogens is 671 g/mol. The summed E-state index contributed by atoms with van der Waals surface area (Å²) in [7, 11) is 0. The third kappa shape index (κ3) is 5.26. The van der Waals surface area contributed by atoms with Crippen molar-refractivity contribution in [2.75, 3.05) is 0 Å². The van der Waals surface area contributed by atoms with E-state index in [1.54, 1.807) is 0 Å². The van der Waals surface area contributed by atoms with Crippen LogP contribution in [-0.4, -0.2) is 15.0 Å². The number of aromatic nitrogens is 3. The zero-order chi connectivity index (χ0) is 36.3. The van der Waals surface area contributed by atoms with Gasteiger partial charge < -0.3 is 4.42 Å². The van der Waals surface area contributed by atoms with E-state index in [-0.39, 0.29) is 0 Å². The van der Waals surface area contributed by atoms with Crippen molar-refractivity contribution in [3.63, 3.8) is 0 Å². The van der Waals surface area contributed by atoms with Gasteiger partial charge in [-0.05, 0) is 97.5 Å². The summed E-state index contributed by atoms with van der Waals surface area (Å²) in [6.07, 6.45) is 3.74. The van der Waals surface area contributed by atoms with Crippen molar-refractivity contribution in [2.24, 2.45) is 0 Å². The van der Waals surface area contributed by atoms with Crippen molar-refractivity contribution < 1.29 is 4.42 Å². The predicted molar refractivity (Wildman–Crippen MR) is 227 cm³/mol. The molecule has 4 nitrogen and oxygen atoms in total. The fraction of sp³-hybridized carbons (Fsp3) is 0. The first-order valence-electron chi connectivity index (χ1n) is 18.5. The molecule has 0 unspecified atom stereocenters. The Hall–Kier alpha value is -7.43. The van der Waals surface area contributed by atoms with E-state index in [0.29, 0.717) is 5.82 Å². The number of benzene rings is 8. The molecule has 0 saturated carbocycles. The first-order chi connectivity index (χ1) is 27.2. The number of rotatable bonds is 5. The number of hydrogen-bond acceptors (Lipinski definition) is 4. The van der Waals surface area contributed by atoms with E-state index in [4.69, 9.17) is 14.4 Å². The van der Waals surface area contributed by atoms with Gasteiger partial charge in [0.1, 0.15) is 11.2 Å². The summed E-state index contributed by atoms with van der Waals surface area (Å²) >= 11 is 0. The summed E-state index contributed by atoms with van der Waals surface area (Å²) < 4.78 is 6.31. The Bertz CT molecular complexity index is 3220. The van der Waals surface area contributed by atoms with Crippen LogP contribution in [0.2, 0.25) is 0 Å². The molecule has 0 N–H and O–H groups in total. The summed E-state index contributed by atoms with van der Waals surface area (Å²) in [5.74, 6) is 0.662. The topological polar surface area (TPSA) is 51.8 Å². The van der Waals surface area contributed by atoms with Gasteiger partial charge in [-0.15, -0.1) is 0 Å². The molecule has 3 heterocycles. The Morgan fingerprint density at radius 2 is 0.945 bits per heavy atom. The fourth-order valence-electron chi connectivity index (χ4n) is 8.17. The lowest BCUT2D eigenvalue weighted by Crippen LogP contribution is -1.97. The maximum Gasteiger partial charge on any atom is 0.160 e.